The fourth-order valence-corrected chi connectivity index (χ4v) is 2.69. The van der Waals surface area contributed by atoms with Crippen molar-refractivity contribution < 1.29 is 4.74 Å². The summed E-state index contributed by atoms with van der Waals surface area (Å²) in [5.41, 5.74) is 5.56. The predicted molar refractivity (Wildman–Crippen MR) is 72.3 cm³/mol. The van der Waals surface area contributed by atoms with E-state index in [0.29, 0.717) is 18.2 Å². The minimum atomic E-state index is 0.194. The van der Waals surface area contributed by atoms with E-state index in [2.05, 4.69) is 31.2 Å². The zero-order valence-electron chi connectivity index (χ0n) is 9.11. The SMILES string of the molecule is COc1cc(NCc2ccc(Br)s2)nc(N)n1. The fourth-order valence-electron chi connectivity index (χ4n) is 1.26. The van der Waals surface area contributed by atoms with E-state index in [4.69, 9.17) is 10.5 Å². The summed E-state index contributed by atoms with van der Waals surface area (Å²) >= 11 is 5.09. The van der Waals surface area contributed by atoms with Gasteiger partial charge in [0.05, 0.1) is 17.4 Å². The van der Waals surface area contributed by atoms with Gasteiger partial charge in [0.2, 0.25) is 11.8 Å². The highest BCUT2D eigenvalue weighted by Crippen LogP contribution is 2.23. The lowest BCUT2D eigenvalue weighted by Gasteiger charge is -2.06. The molecule has 0 saturated carbocycles. The van der Waals surface area contributed by atoms with Gasteiger partial charge >= 0.3 is 0 Å². The topological polar surface area (TPSA) is 73.1 Å². The van der Waals surface area contributed by atoms with E-state index < -0.39 is 0 Å². The quantitative estimate of drug-likeness (QED) is 0.907. The Morgan fingerprint density at radius 1 is 1.47 bits per heavy atom. The van der Waals surface area contributed by atoms with E-state index in [-0.39, 0.29) is 5.95 Å². The summed E-state index contributed by atoms with van der Waals surface area (Å²) in [4.78, 5) is 9.18. The molecule has 5 nitrogen and oxygen atoms in total. The molecule has 0 radical (unpaired) electrons. The number of nitrogens with two attached hydrogens (primary N) is 1. The van der Waals surface area contributed by atoms with Crippen molar-refractivity contribution in [1.29, 1.82) is 0 Å². The number of rotatable bonds is 4. The predicted octanol–water partition coefficient (Wildman–Crippen LogP) is 2.50. The zero-order chi connectivity index (χ0) is 12.3. The van der Waals surface area contributed by atoms with Crippen molar-refractivity contribution in [3.05, 3.63) is 26.9 Å². The first-order valence-electron chi connectivity index (χ1n) is 4.84. The molecular weight excluding hydrogens is 304 g/mol. The van der Waals surface area contributed by atoms with Gasteiger partial charge in [-0.1, -0.05) is 0 Å². The van der Waals surface area contributed by atoms with Gasteiger partial charge in [-0.3, -0.25) is 0 Å². The highest BCUT2D eigenvalue weighted by atomic mass is 79.9. The number of aromatic nitrogens is 2. The molecule has 3 N–H and O–H groups in total. The number of nitrogens with zero attached hydrogens (tertiary/aromatic N) is 2. The standard InChI is InChI=1S/C10H11BrN4OS/c1-16-9-4-8(14-10(12)15-9)13-5-6-2-3-7(11)17-6/h2-4H,5H2,1H3,(H3,12,13,14,15). The number of methoxy groups -OCH3 is 1. The number of hydrogen-bond acceptors (Lipinski definition) is 6. The van der Waals surface area contributed by atoms with Gasteiger partial charge in [0, 0.05) is 10.9 Å². The van der Waals surface area contributed by atoms with Crippen LogP contribution in [0.15, 0.2) is 22.0 Å². The van der Waals surface area contributed by atoms with Crippen LogP contribution in [0.4, 0.5) is 11.8 Å². The molecule has 0 aromatic carbocycles. The molecule has 2 aromatic rings. The summed E-state index contributed by atoms with van der Waals surface area (Å²) in [6.45, 7) is 0.690. The number of anilines is 2. The molecule has 0 aliphatic rings. The van der Waals surface area contributed by atoms with Gasteiger partial charge in [-0.05, 0) is 28.1 Å². The Balaban J connectivity index is 2.05. The average molecular weight is 315 g/mol. The molecule has 0 aliphatic carbocycles. The third-order valence-electron chi connectivity index (χ3n) is 2.00. The van der Waals surface area contributed by atoms with E-state index in [1.807, 2.05) is 12.1 Å². The lowest BCUT2D eigenvalue weighted by molar-refractivity contribution is 0.398. The highest BCUT2D eigenvalue weighted by molar-refractivity contribution is 9.11. The number of ether oxygens (including phenoxy) is 1. The maximum absolute atomic E-state index is 5.56. The molecule has 90 valence electrons. The van der Waals surface area contributed by atoms with Crippen LogP contribution in [0.25, 0.3) is 0 Å². The maximum Gasteiger partial charge on any atom is 0.225 e. The van der Waals surface area contributed by atoms with Crippen molar-refractivity contribution in [1.82, 2.24) is 9.97 Å². The molecule has 0 bridgehead atoms. The first kappa shape index (κ1) is 12.1. The zero-order valence-corrected chi connectivity index (χ0v) is 11.5. The second-order valence-corrected chi connectivity index (χ2v) is 5.76. The molecule has 0 saturated heterocycles. The van der Waals surface area contributed by atoms with Gasteiger partial charge in [-0.25, -0.2) is 0 Å². The molecule has 7 heteroatoms. The van der Waals surface area contributed by atoms with Gasteiger partial charge in [0.1, 0.15) is 5.82 Å². The van der Waals surface area contributed by atoms with E-state index in [0.717, 1.165) is 3.79 Å². The largest absolute Gasteiger partial charge is 0.481 e. The van der Waals surface area contributed by atoms with E-state index in [1.165, 1.54) is 4.88 Å². The van der Waals surface area contributed by atoms with Crippen LogP contribution >= 0.6 is 27.3 Å². The van der Waals surface area contributed by atoms with E-state index in [1.54, 1.807) is 24.5 Å². The van der Waals surface area contributed by atoms with Crippen LogP contribution in [0, 0.1) is 0 Å². The van der Waals surface area contributed by atoms with Crippen LogP contribution in [0.3, 0.4) is 0 Å². The Kier molecular flexibility index (Phi) is 3.80. The monoisotopic (exact) mass is 314 g/mol. The van der Waals surface area contributed by atoms with Gasteiger partial charge in [-0.15, -0.1) is 11.3 Å². The molecular formula is C10H11BrN4OS. The van der Waals surface area contributed by atoms with Crippen molar-refractivity contribution in [2.24, 2.45) is 0 Å². The lowest BCUT2D eigenvalue weighted by Crippen LogP contribution is -2.04. The minimum absolute atomic E-state index is 0.194. The van der Waals surface area contributed by atoms with Crippen molar-refractivity contribution >= 4 is 39.0 Å². The highest BCUT2D eigenvalue weighted by Gasteiger charge is 2.03. The molecule has 0 unspecified atom stereocenters. The minimum Gasteiger partial charge on any atom is -0.481 e. The van der Waals surface area contributed by atoms with Crippen LogP contribution < -0.4 is 15.8 Å². The molecule has 0 amide bonds. The van der Waals surface area contributed by atoms with Crippen molar-refractivity contribution in [2.45, 2.75) is 6.54 Å². The average Bonchev–Trinajstić information content (AvgIpc) is 2.72. The van der Waals surface area contributed by atoms with Crippen molar-refractivity contribution in [3.63, 3.8) is 0 Å². The number of thiophene rings is 1. The number of nitrogen functional groups attached to an aromatic ring is 1. The van der Waals surface area contributed by atoms with Crippen LogP contribution in [0.5, 0.6) is 5.88 Å². The van der Waals surface area contributed by atoms with E-state index in [9.17, 15) is 0 Å². The first-order chi connectivity index (χ1) is 8.17. The molecule has 17 heavy (non-hydrogen) atoms. The third-order valence-corrected chi connectivity index (χ3v) is 3.63. The molecule has 2 rings (SSSR count). The van der Waals surface area contributed by atoms with E-state index >= 15 is 0 Å². The van der Waals surface area contributed by atoms with Crippen molar-refractivity contribution in [3.8, 4) is 5.88 Å². The third kappa shape index (κ3) is 3.31. The van der Waals surface area contributed by atoms with Crippen LogP contribution in [0.2, 0.25) is 0 Å². The second kappa shape index (κ2) is 5.33. The maximum atomic E-state index is 5.56. The normalized spacial score (nSPS) is 10.2. The second-order valence-electron chi connectivity index (χ2n) is 3.21. The molecule has 2 heterocycles. The Morgan fingerprint density at radius 3 is 2.94 bits per heavy atom. The summed E-state index contributed by atoms with van der Waals surface area (Å²) < 4.78 is 6.12. The number of hydrogen-bond donors (Lipinski definition) is 2. The molecule has 0 aliphatic heterocycles. The summed E-state index contributed by atoms with van der Waals surface area (Å²) in [5, 5.41) is 3.17. The van der Waals surface area contributed by atoms with Crippen LogP contribution in [-0.2, 0) is 6.54 Å². The van der Waals surface area contributed by atoms with Crippen LogP contribution in [0.1, 0.15) is 4.88 Å². The molecule has 2 aromatic heterocycles. The van der Waals surface area contributed by atoms with Gasteiger partial charge in [-0.2, -0.15) is 9.97 Å². The molecule has 0 spiro atoms. The lowest BCUT2D eigenvalue weighted by atomic mass is 10.4. The number of nitrogens with one attached hydrogen (secondary N) is 1. The Morgan fingerprint density at radius 2 is 2.29 bits per heavy atom. The van der Waals surface area contributed by atoms with Gasteiger partial charge in [0.25, 0.3) is 0 Å². The molecule has 0 fully saturated rings. The van der Waals surface area contributed by atoms with Crippen LogP contribution in [-0.4, -0.2) is 17.1 Å². The van der Waals surface area contributed by atoms with Gasteiger partial charge < -0.3 is 15.8 Å². The Hall–Kier alpha value is -1.34. The smallest absolute Gasteiger partial charge is 0.225 e. The molecule has 0 atom stereocenters. The Labute approximate surface area is 111 Å². The summed E-state index contributed by atoms with van der Waals surface area (Å²) in [6.07, 6.45) is 0. The summed E-state index contributed by atoms with van der Waals surface area (Å²) in [7, 11) is 1.54. The van der Waals surface area contributed by atoms with Gasteiger partial charge in [0.15, 0.2) is 0 Å². The fraction of sp³-hybridized carbons (Fsp3) is 0.200. The summed E-state index contributed by atoms with van der Waals surface area (Å²) in [5.74, 6) is 1.30. The summed E-state index contributed by atoms with van der Waals surface area (Å²) in [6, 6.07) is 5.76. The number of halogens is 1. The van der Waals surface area contributed by atoms with Crippen molar-refractivity contribution in [2.75, 3.05) is 18.2 Å². The first-order valence-corrected chi connectivity index (χ1v) is 6.45. The Bertz CT molecular complexity index is 517.